The van der Waals surface area contributed by atoms with Crippen LogP contribution in [-0.2, 0) is 13.1 Å². The normalized spacial score (nSPS) is 11.7. The van der Waals surface area contributed by atoms with E-state index in [-0.39, 0.29) is 10.9 Å². The minimum Gasteiger partial charge on any atom is -0.341 e. The van der Waals surface area contributed by atoms with Crippen molar-refractivity contribution in [3.8, 4) is 33.6 Å². The molecule has 2 aliphatic heterocycles. The molecular weight excluding hydrogens is 420 g/mol. The molecule has 6 rings (SSSR count). The van der Waals surface area contributed by atoms with Crippen LogP contribution in [0.1, 0.15) is 13.8 Å². The lowest BCUT2D eigenvalue weighted by molar-refractivity contribution is 0.795. The minimum atomic E-state index is -0.00136. The van der Waals surface area contributed by atoms with Crippen molar-refractivity contribution in [3.63, 3.8) is 0 Å². The fourth-order valence-corrected chi connectivity index (χ4v) is 5.50. The Labute approximate surface area is 197 Å². The zero-order valence-corrected chi connectivity index (χ0v) is 19.2. The molecule has 2 heterocycles. The summed E-state index contributed by atoms with van der Waals surface area (Å²) in [5, 5.41) is 2.25. The zero-order valence-electron chi connectivity index (χ0n) is 19.2. The van der Waals surface area contributed by atoms with Crippen molar-refractivity contribution in [2.75, 3.05) is 0 Å². The smallest absolute Gasteiger partial charge is 0.180 e. The molecule has 4 aliphatic rings. The molecule has 0 spiro atoms. The fourth-order valence-electron chi connectivity index (χ4n) is 5.50. The van der Waals surface area contributed by atoms with Gasteiger partial charge in [-0.15, -0.1) is 0 Å². The van der Waals surface area contributed by atoms with E-state index in [9.17, 15) is 9.59 Å². The van der Waals surface area contributed by atoms with Crippen molar-refractivity contribution >= 4 is 21.8 Å². The van der Waals surface area contributed by atoms with Gasteiger partial charge in [0, 0.05) is 69.3 Å². The van der Waals surface area contributed by atoms with Gasteiger partial charge in [0.25, 0.3) is 0 Å². The van der Waals surface area contributed by atoms with E-state index < -0.39 is 0 Å². The number of benzene rings is 4. The summed E-state index contributed by atoms with van der Waals surface area (Å²) in [7, 11) is 0. The van der Waals surface area contributed by atoms with Crippen molar-refractivity contribution in [3.05, 3.63) is 105 Å². The summed E-state index contributed by atoms with van der Waals surface area (Å²) in [5.41, 5.74) is 8.28. The predicted octanol–water partition coefficient (Wildman–Crippen LogP) is 6.23. The molecule has 0 saturated heterocycles. The van der Waals surface area contributed by atoms with E-state index in [4.69, 9.17) is 0 Å². The highest BCUT2D eigenvalue weighted by atomic mass is 16.1. The monoisotopic (exact) mass is 444 g/mol. The van der Waals surface area contributed by atoms with Crippen LogP contribution in [0.5, 0.6) is 0 Å². The van der Waals surface area contributed by atoms with Gasteiger partial charge in [-0.25, -0.2) is 0 Å². The second-order valence-corrected chi connectivity index (χ2v) is 8.63. The molecule has 0 radical (unpaired) electrons. The summed E-state index contributed by atoms with van der Waals surface area (Å²) < 4.78 is 4.43. The Bertz CT molecular complexity index is 1640. The summed E-state index contributed by atoms with van der Waals surface area (Å²) in [6, 6.07) is 27.5. The molecule has 166 valence electrons. The van der Waals surface area contributed by atoms with Crippen molar-refractivity contribution in [2.24, 2.45) is 0 Å². The van der Waals surface area contributed by atoms with E-state index in [1.807, 2.05) is 24.3 Å². The minimum absolute atomic E-state index is 0.00136. The van der Waals surface area contributed by atoms with E-state index in [1.54, 1.807) is 24.3 Å². The number of hydrogen-bond donors (Lipinski definition) is 0. The quantitative estimate of drug-likeness (QED) is 0.304. The third kappa shape index (κ3) is 2.85. The predicted molar refractivity (Wildman–Crippen MR) is 140 cm³/mol. The number of para-hydroxylation sites is 2. The number of aromatic nitrogens is 2. The number of aryl methyl sites for hydroxylation is 2. The molecule has 0 bridgehead atoms. The van der Waals surface area contributed by atoms with E-state index in [1.165, 1.54) is 0 Å². The first kappa shape index (κ1) is 20.4. The lowest BCUT2D eigenvalue weighted by Gasteiger charge is -2.27. The average Bonchev–Trinajstić information content (AvgIpc) is 2.86. The van der Waals surface area contributed by atoms with Crippen LogP contribution in [0.2, 0.25) is 0 Å². The topological polar surface area (TPSA) is 44.0 Å². The molecule has 2 aromatic carbocycles. The number of pyridine rings is 2. The van der Waals surface area contributed by atoms with Crippen LogP contribution in [0.15, 0.2) is 94.5 Å². The summed E-state index contributed by atoms with van der Waals surface area (Å²) in [6.45, 7) is 5.73. The Morgan fingerprint density at radius 3 is 1.38 bits per heavy atom. The number of hydrogen-bond acceptors (Lipinski definition) is 2. The summed E-state index contributed by atoms with van der Waals surface area (Å²) >= 11 is 0. The highest BCUT2D eigenvalue weighted by Crippen LogP contribution is 2.47. The van der Waals surface area contributed by atoms with E-state index in [0.29, 0.717) is 0 Å². The summed E-state index contributed by atoms with van der Waals surface area (Å²) in [6.07, 6.45) is 0. The second kappa shape index (κ2) is 7.70. The van der Waals surface area contributed by atoms with Gasteiger partial charge in [-0.1, -0.05) is 36.4 Å². The third-order valence-corrected chi connectivity index (χ3v) is 6.87. The van der Waals surface area contributed by atoms with Crippen LogP contribution in [0, 0.1) is 0 Å². The molecule has 2 aliphatic carbocycles. The summed E-state index contributed by atoms with van der Waals surface area (Å²) in [4.78, 5) is 24.9. The van der Waals surface area contributed by atoms with Crippen molar-refractivity contribution in [2.45, 2.75) is 26.9 Å². The van der Waals surface area contributed by atoms with Crippen LogP contribution in [-0.4, -0.2) is 9.13 Å². The highest BCUT2D eigenvalue weighted by Gasteiger charge is 2.25. The molecule has 0 amide bonds. The molecule has 4 heteroatoms. The molecule has 0 atom stereocenters. The lowest BCUT2D eigenvalue weighted by atomic mass is 9.85. The van der Waals surface area contributed by atoms with E-state index in [2.05, 4.69) is 59.4 Å². The van der Waals surface area contributed by atoms with Gasteiger partial charge in [-0.05, 0) is 50.2 Å². The van der Waals surface area contributed by atoms with Crippen LogP contribution in [0.4, 0.5) is 0 Å². The van der Waals surface area contributed by atoms with Crippen LogP contribution in [0.3, 0.4) is 0 Å². The zero-order chi connectivity index (χ0) is 23.4. The molecule has 34 heavy (non-hydrogen) atoms. The van der Waals surface area contributed by atoms with Crippen LogP contribution < -0.4 is 10.9 Å². The third-order valence-electron chi connectivity index (χ3n) is 6.87. The van der Waals surface area contributed by atoms with E-state index in [0.717, 1.165) is 68.5 Å². The van der Waals surface area contributed by atoms with Crippen molar-refractivity contribution in [1.82, 2.24) is 9.13 Å². The fraction of sp³-hybridized carbons (Fsp3) is 0.133. The highest BCUT2D eigenvalue weighted by molar-refractivity contribution is 6.14. The number of fused-ring (bicyclic) bond motifs is 4. The Kier molecular flexibility index (Phi) is 4.63. The lowest BCUT2D eigenvalue weighted by Crippen LogP contribution is -2.12. The maximum absolute atomic E-state index is 12.4. The van der Waals surface area contributed by atoms with Crippen molar-refractivity contribution < 1.29 is 0 Å². The van der Waals surface area contributed by atoms with Gasteiger partial charge in [0.15, 0.2) is 10.9 Å². The first-order chi connectivity index (χ1) is 16.6. The molecule has 0 fully saturated rings. The standard InChI is InChI=1S/C30H24N2O2/c1-3-31-25-11-7-5-9-21(25)29(23-15-13-19(33)17-27(23)31)30-22-10-6-8-12-26(22)32(4-2)28-18-20(34)14-16-24(28)30/h5-18H,3-4H2,1-2H3. The van der Waals surface area contributed by atoms with Crippen LogP contribution in [0.25, 0.3) is 55.4 Å². The Balaban J connectivity index is 1.93. The van der Waals surface area contributed by atoms with E-state index >= 15 is 0 Å². The molecule has 0 unspecified atom stereocenters. The maximum atomic E-state index is 12.4. The Morgan fingerprint density at radius 2 is 0.971 bits per heavy atom. The average molecular weight is 445 g/mol. The van der Waals surface area contributed by atoms with Gasteiger partial charge in [0.2, 0.25) is 0 Å². The molecular formula is C30H24N2O2. The first-order valence-electron chi connectivity index (χ1n) is 11.7. The maximum Gasteiger partial charge on any atom is 0.180 e. The Hall–Kier alpha value is -4.18. The molecule has 0 aromatic heterocycles. The van der Waals surface area contributed by atoms with Gasteiger partial charge in [0.05, 0.1) is 11.4 Å². The molecule has 4 nitrogen and oxygen atoms in total. The summed E-state index contributed by atoms with van der Waals surface area (Å²) in [5.74, 6) is 0. The number of nitrogens with zero attached hydrogens (tertiary/aromatic N) is 2. The molecule has 2 aromatic rings. The van der Waals surface area contributed by atoms with Gasteiger partial charge >= 0.3 is 0 Å². The second-order valence-electron chi connectivity index (χ2n) is 8.63. The van der Waals surface area contributed by atoms with Gasteiger partial charge < -0.3 is 9.13 Å². The van der Waals surface area contributed by atoms with Gasteiger partial charge in [0.1, 0.15) is 0 Å². The van der Waals surface area contributed by atoms with Crippen molar-refractivity contribution in [1.29, 1.82) is 0 Å². The molecule has 0 saturated carbocycles. The van der Waals surface area contributed by atoms with Crippen LogP contribution >= 0.6 is 0 Å². The first-order valence-corrected chi connectivity index (χ1v) is 11.7. The van der Waals surface area contributed by atoms with Gasteiger partial charge in [-0.3, -0.25) is 9.59 Å². The molecule has 0 N–H and O–H groups in total. The SMILES string of the molecule is CCn1c2cc(=O)ccc-2c(-c2c3ccc(=O)cc-3n(CC)c3ccccc23)c2ccccc21. The van der Waals surface area contributed by atoms with Gasteiger partial charge in [-0.2, -0.15) is 0 Å². The largest absolute Gasteiger partial charge is 0.341 e. The number of rotatable bonds is 3. The Morgan fingerprint density at radius 1 is 0.559 bits per heavy atom.